The van der Waals surface area contributed by atoms with Gasteiger partial charge in [-0.1, -0.05) is 29.3 Å². The van der Waals surface area contributed by atoms with Gasteiger partial charge in [0, 0.05) is 22.2 Å². The van der Waals surface area contributed by atoms with Gasteiger partial charge in [0.1, 0.15) is 12.3 Å². The molecule has 1 saturated heterocycles. The third kappa shape index (κ3) is 4.86. The highest BCUT2D eigenvalue weighted by Crippen LogP contribution is 2.38. The molecule has 5 nitrogen and oxygen atoms in total. The molecule has 1 fully saturated rings. The van der Waals surface area contributed by atoms with E-state index >= 15 is 0 Å². The number of ether oxygens (including phenoxy) is 2. The number of carbonyl (C=O) groups is 1. The molecule has 3 rings (SSSR count). The molecule has 1 heterocycles. The van der Waals surface area contributed by atoms with Crippen LogP contribution in [-0.4, -0.2) is 29.6 Å². The number of hydrogen-bond donors (Lipinski definition) is 1. The zero-order chi connectivity index (χ0) is 21.1. The van der Waals surface area contributed by atoms with Gasteiger partial charge in [-0.15, -0.1) is 0 Å². The number of carbonyl (C=O) groups excluding carboxylic acids is 1. The quantitative estimate of drug-likeness (QED) is 0.411. The maximum Gasteiger partial charge on any atom is 0.276 e. The molecule has 1 aliphatic heterocycles. The van der Waals surface area contributed by atoms with Gasteiger partial charge in [0.2, 0.25) is 0 Å². The third-order valence-electron chi connectivity index (χ3n) is 4.23. The van der Waals surface area contributed by atoms with E-state index in [1.807, 2.05) is 19.1 Å². The Morgan fingerprint density at radius 3 is 2.66 bits per heavy atom. The van der Waals surface area contributed by atoms with E-state index in [1.165, 1.54) is 4.90 Å². The Bertz CT molecular complexity index is 1010. The van der Waals surface area contributed by atoms with E-state index in [4.69, 9.17) is 44.9 Å². The zero-order valence-corrected chi connectivity index (χ0v) is 19.5. The first-order valence-corrected chi connectivity index (χ1v) is 10.6. The Balaban J connectivity index is 1.85. The molecule has 0 spiro atoms. The molecule has 152 valence electrons. The summed E-state index contributed by atoms with van der Waals surface area (Å²) in [5.41, 5.74) is 1.96. The van der Waals surface area contributed by atoms with Crippen molar-refractivity contribution in [3.63, 3.8) is 0 Å². The Morgan fingerprint density at radius 2 is 2.03 bits per heavy atom. The van der Waals surface area contributed by atoms with Crippen molar-refractivity contribution in [3.8, 4) is 11.5 Å². The number of hydrogen-bond acceptors (Lipinski definition) is 4. The molecule has 1 N–H and O–H groups in total. The van der Waals surface area contributed by atoms with Gasteiger partial charge >= 0.3 is 0 Å². The van der Waals surface area contributed by atoms with Crippen LogP contribution in [0.4, 0.5) is 0 Å². The normalized spacial score (nSPS) is 15.1. The second-order valence-electron chi connectivity index (χ2n) is 6.10. The fourth-order valence-electron chi connectivity index (χ4n) is 2.78. The molecule has 1 amide bonds. The summed E-state index contributed by atoms with van der Waals surface area (Å²) in [6.07, 6.45) is 1.72. The van der Waals surface area contributed by atoms with E-state index in [0.717, 1.165) is 11.1 Å². The van der Waals surface area contributed by atoms with E-state index in [2.05, 4.69) is 21.2 Å². The minimum atomic E-state index is -0.162. The van der Waals surface area contributed by atoms with Crippen LogP contribution in [0.5, 0.6) is 11.5 Å². The van der Waals surface area contributed by atoms with Crippen LogP contribution in [0.1, 0.15) is 18.1 Å². The van der Waals surface area contributed by atoms with Crippen molar-refractivity contribution in [3.05, 3.63) is 61.7 Å². The molecule has 9 heteroatoms. The van der Waals surface area contributed by atoms with Gasteiger partial charge in [-0.3, -0.25) is 9.69 Å². The molecule has 0 saturated carbocycles. The third-order valence-corrected chi connectivity index (χ3v) is 5.73. The fourth-order valence-corrected chi connectivity index (χ4v) is 4.14. The standard InChI is InChI=1S/C20H17BrCl2N2O3S/c1-3-25-19(26)16(24-20(25)29)7-11-6-14(21)18(17(8-11)27-2)28-10-12-4-5-13(22)9-15(12)23/h4-9H,3,10H2,1-2H3,(H,24,29)/b16-7-. The van der Waals surface area contributed by atoms with Crippen LogP contribution in [0.25, 0.3) is 6.08 Å². The molecule has 0 bridgehead atoms. The molecule has 1 aliphatic rings. The second-order valence-corrected chi connectivity index (χ2v) is 8.18. The van der Waals surface area contributed by atoms with Gasteiger partial charge in [-0.2, -0.15) is 0 Å². The molecule has 2 aromatic carbocycles. The van der Waals surface area contributed by atoms with E-state index in [9.17, 15) is 4.79 Å². The minimum absolute atomic E-state index is 0.162. The highest BCUT2D eigenvalue weighted by molar-refractivity contribution is 9.10. The first-order chi connectivity index (χ1) is 13.8. The van der Waals surface area contributed by atoms with Gasteiger partial charge in [0.25, 0.3) is 5.91 Å². The zero-order valence-electron chi connectivity index (χ0n) is 15.6. The maximum atomic E-state index is 12.4. The van der Waals surface area contributed by atoms with Gasteiger partial charge in [-0.05, 0) is 71.0 Å². The van der Waals surface area contributed by atoms with Crippen molar-refractivity contribution in [1.29, 1.82) is 0 Å². The molecule has 2 aromatic rings. The number of benzene rings is 2. The number of nitrogens with zero attached hydrogens (tertiary/aromatic N) is 1. The molecule has 0 unspecified atom stereocenters. The average molecular weight is 516 g/mol. The van der Waals surface area contributed by atoms with Gasteiger partial charge < -0.3 is 14.8 Å². The summed E-state index contributed by atoms with van der Waals surface area (Å²) >= 11 is 20.8. The predicted molar refractivity (Wildman–Crippen MR) is 123 cm³/mol. The Hall–Kier alpha value is -1.80. The summed E-state index contributed by atoms with van der Waals surface area (Å²) in [5.74, 6) is 0.874. The van der Waals surface area contributed by atoms with Crippen molar-refractivity contribution in [2.75, 3.05) is 13.7 Å². The van der Waals surface area contributed by atoms with E-state index in [-0.39, 0.29) is 12.5 Å². The van der Waals surface area contributed by atoms with Gasteiger partial charge in [0.15, 0.2) is 16.6 Å². The molecular formula is C20H17BrCl2N2O3S. The number of likely N-dealkylation sites (N-methyl/N-ethyl adjacent to an activating group) is 1. The average Bonchev–Trinajstić information content (AvgIpc) is 2.94. The first-order valence-electron chi connectivity index (χ1n) is 8.62. The van der Waals surface area contributed by atoms with Crippen molar-refractivity contribution < 1.29 is 14.3 Å². The summed E-state index contributed by atoms with van der Waals surface area (Å²) in [5, 5.41) is 4.42. The van der Waals surface area contributed by atoms with Crippen molar-refractivity contribution in [1.82, 2.24) is 10.2 Å². The fraction of sp³-hybridized carbons (Fsp3) is 0.200. The lowest BCUT2D eigenvalue weighted by molar-refractivity contribution is -0.122. The number of nitrogens with one attached hydrogen (secondary N) is 1. The Kier molecular flexibility index (Phi) is 7.05. The molecule has 0 aromatic heterocycles. The van der Waals surface area contributed by atoms with Gasteiger partial charge in [-0.25, -0.2) is 0 Å². The van der Waals surface area contributed by atoms with Crippen LogP contribution in [0.2, 0.25) is 10.0 Å². The Labute approximate surface area is 192 Å². The van der Waals surface area contributed by atoms with Crippen molar-refractivity contribution in [2.45, 2.75) is 13.5 Å². The maximum absolute atomic E-state index is 12.4. The van der Waals surface area contributed by atoms with Crippen LogP contribution in [0, 0.1) is 0 Å². The summed E-state index contributed by atoms with van der Waals surface area (Å²) in [6, 6.07) is 8.84. The number of thiocarbonyl (C=S) groups is 1. The number of halogens is 3. The second kappa shape index (κ2) is 9.34. The molecular weight excluding hydrogens is 499 g/mol. The van der Waals surface area contributed by atoms with Crippen LogP contribution in [0.15, 0.2) is 40.5 Å². The number of rotatable bonds is 6. The number of methoxy groups -OCH3 is 1. The topological polar surface area (TPSA) is 50.8 Å². The molecule has 0 radical (unpaired) electrons. The lowest BCUT2D eigenvalue weighted by Crippen LogP contribution is -2.30. The molecule has 0 aliphatic carbocycles. The molecule has 29 heavy (non-hydrogen) atoms. The monoisotopic (exact) mass is 514 g/mol. The van der Waals surface area contributed by atoms with E-state index in [1.54, 1.807) is 31.4 Å². The largest absolute Gasteiger partial charge is 0.493 e. The smallest absolute Gasteiger partial charge is 0.276 e. The highest BCUT2D eigenvalue weighted by atomic mass is 79.9. The summed E-state index contributed by atoms with van der Waals surface area (Å²) in [7, 11) is 1.55. The SMILES string of the molecule is CCN1C(=O)/C(=C/c2cc(Br)c(OCc3ccc(Cl)cc3Cl)c(OC)c2)NC1=S. The van der Waals surface area contributed by atoms with Crippen molar-refractivity contribution in [2.24, 2.45) is 0 Å². The first kappa shape index (κ1) is 21.9. The summed E-state index contributed by atoms with van der Waals surface area (Å²) < 4.78 is 12.1. The lowest BCUT2D eigenvalue weighted by Gasteiger charge is -2.14. The van der Waals surface area contributed by atoms with Crippen LogP contribution >= 0.6 is 51.3 Å². The van der Waals surface area contributed by atoms with E-state index in [0.29, 0.717) is 43.4 Å². The van der Waals surface area contributed by atoms with E-state index < -0.39 is 0 Å². The van der Waals surface area contributed by atoms with Crippen molar-refractivity contribution >= 4 is 68.4 Å². The minimum Gasteiger partial charge on any atom is -0.493 e. The Morgan fingerprint density at radius 1 is 1.28 bits per heavy atom. The van der Waals surface area contributed by atoms with Crippen LogP contribution in [-0.2, 0) is 11.4 Å². The summed E-state index contributed by atoms with van der Waals surface area (Å²) in [6.45, 7) is 2.62. The predicted octanol–water partition coefficient (Wildman–Crippen LogP) is 5.42. The van der Waals surface area contributed by atoms with Crippen LogP contribution < -0.4 is 14.8 Å². The summed E-state index contributed by atoms with van der Waals surface area (Å²) in [4.78, 5) is 13.9. The number of amides is 1. The lowest BCUT2D eigenvalue weighted by atomic mass is 10.1. The van der Waals surface area contributed by atoms with Gasteiger partial charge in [0.05, 0.1) is 11.6 Å². The molecule has 0 atom stereocenters. The highest BCUT2D eigenvalue weighted by Gasteiger charge is 2.29. The van der Waals surface area contributed by atoms with Crippen LogP contribution in [0.3, 0.4) is 0 Å².